The van der Waals surface area contributed by atoms with E-state index in [1.54, 1.807) is 0 Å². The molecule has 14 nitrogen and oxygen atoms in total. The van der Waals surface area contributed by atoms with Crippen LogP contribution in [0, 0.1) is 5.41 Å². The Morgan fingerprint density at radius 3 is 2.50 bits per heavy atom. The Labute approximate surface area is 224 Å². The van der Waals surface area contributed by atoms with Gasteiger partial charge in [0.05, 0.1) is 36.8 Å². The van der Waals surface area contributed by atoms with Gasteiger partial charge in [0.25, 0.3) is 18.7 Å². The number of halogens is 1. The van der Waals surface area contributed by atoms with Crippen molar-refractivity contribution in [3.63, 3.8) is 0 Å². The van der Waals surface area contributed by atoms with Crippen molar-refractivity contribution in [3.8, 4) is 0 Å². The number of rotatable bonds is 8. The van der Waals surface area contributed by atoms with Crippen LogP contribution in [0.4, 0.5) is 9.52 Å². The molecule has 4 fully saturated rings. The van der Waals surface area contributed by atoms with Crippen molar-refractivity contribution in [2.75, 3.05) is 38.0 Å². The third kappa shape index (κ3) is 3.82. The summed E-state index contributed by atoms with van der Waals surface area (Å²) in [5, 5.41) is 17.7. The molecule has 2 atom stereocenters. The van der Waals surface area contributed by atoms with Gasteiger partial charge in [-0.1, -0.05) is 5.16 Å². The first-order chi connectivity index (χ1) is 18.0. The Kier molecular flexibility index (Phi) is 6.34. The number of alkyl halides is 1. The summed E-state index contributed by atoms with van der Waals surface area (Å²) < 4.78 is 16.8. The smallest absolute Gasteiger partial charge is 0.278 e. The van der Waals surface area contributed by atoms with Crippen molar-refractivity contribution in [2.45, 2.75) is 37.1 Å². The van der Waals surface area contributed by atoms with Crippen LogP contribution in [0.15, 0.2) is 16.5 Å². The number of primary amides is 1. The zero-order chi connectivity index (χ0) is 27.5. The number of nitrogens with one attached hydrogen (secondary N) is 1. The number of nitrogens with zero attached hydrogens (tertiary/aromatic N) is 5. The predicted octanol–water partition coefficient (Wildman–Crippen LogP) is -1.99. The standard InChI is InChI=1S/C21H25FN8O6S2/c1-20(26-14(31)11(27-36-9-22)13-25-19(24)38-28-13)17(35)29-12(15(32)33)10(8-37-18(20)29)30-5-2-21(3-6-30,4-7-30)16(23)34/h18H,2-9H2,1H3,(H5-,23,24,25,26,28,31,32,33,34)/b27-11-/t18-,20+,21?,30?/m0/s1. The zero-order valence-corrected chi connectivity index (χ0v) is 21.9. The number of carbonyl (C=O) groups is 4. The summed E-state index contributed by atoms with van der Waals surface area (Å²) >= 11 is 2.09. The van der Waals surface area contributed by atoms with E-state index >= 15 is 0 Å². The first-order valence-corrected chi connectivity index (χ1v) is 13.5. The van der Waals surface area contributed by atoms with Crippen LogP contribution in [0.25, 0.3) is 0 Å². The molecule has 5 aliphatic rings. The number of aromatic nitrogens is 2. The van der Waals surface area contributed by atoms with Crippen molar-refractivity contribution in [2.24, 2.45) is 16.3 Å². The van der Waals surface area contributed by atoms with Gasteiger partial charge in [0.2, 0.25) is 17.4 Å². The fourth-order valence-corrected chi connectivity index (χ4v) is 7.85. The van der Waals surface area contributed by atoms with Gasteiger partial charge in [-0.3, -0.25) is 23.8 Å². The molecule has 0 aromatic carbocycles. The van der Waals surface area contributed by atoms with Gasteiger partial charge in [-0.25, -0.2) is 4.39 Å². The molecule has 0 saturated carbocycles. The maximum absolute atomic E-state index is 13.4. The van der Waals surface area contributed by atoms with Crippen LogP contribution in [0.2, 0.25) is 0 Å². The number of β-lactam (4-membered cyclic amide) rings is 1. The second-order valence-electron chi connectivity index (χ2n) is 9.92. The number of hydrogen-bond donors (Lipinski definition) is 3. The van der Waals surface area contributed by atoms with E-state index in [1.807, 2.05) is 0 Å². The fourth-order valence-electron chi connectivity index (χ4n) is 5.84. The third-order valence-electron chi connectivity index (χ3n) is 8.07. The van der Waals surface area contributed by atoms with Crippen LogP contribution in [0.5, 0.6) is 0 Å². The number of carboxylic acids is 1. The Morgan fingerprint density at radius 2 is 1.97 bits per heavy atom. The molecule has 0 aliphatic carbocycles. The summed E-state index contributed by atoms with van der Waals surface area (Å²) in [6, 6.07) is 0. The number of hydrogen-bond acceptors (Lipinski definition) is 12. The number of piperidine rings is 3. The molecule has 6 rings (SSSR count). The Morgan fingerprint density at radius 1 is 1.32 bits per heavy atom. The van der Waals surface area contributed by atoms with E-state index in [-0.39, 0.29) is 28.3 Å². The van der Waals surface area contributed by atoms with Gasteiger partial charge in [0.15, 0.2) is 5.13 Å². The molecule has 17 heteroatoms. The highest BCUT2D eigenvalue weighted by Gasteiger charge is 2.65. The number of quaternary nitrogens is 1. The molecular formula is C21H25FN8O6S2. The van der Waals surface area contributed by atoms with Gasteiger partial charge in [0.1, 0.15) is 22.3 Å². The number of fused-ring (bicyclic) bond motifs is 4. The summed E-state index contributed by atoms with van der Waals surface area (Å²) in [4.78, 5) is 60.3. The minimum Gasteiger partial charge on any atom is -0.543 e. The summed E-state index contributed by atoms with van der Waals surface area (Å²) in [6.45, 7) is 1.75. The summed E-state index contributed by atoms with van der Waals surface area (Å²) in [5.41, 5.74) is 9.01. The maximum atomic E-state index is 13.4. The average molecular weight is 569 g/mol. The van der Waals surface area contributed by atoms with E-state index < -0.39 is 46.7 Å². The number of carboxylic acid groups (broad SMARTS) is 1. The quantitative estimate of drug-likeness (QED) is 0.136. The highest BCUT2D eigenvalue weighted by Crippen LogP contribution is 2.52. The molecule has 0 spiro atoms. The number of amides is 3. The highest BCUT2D eigenvalue weighted by molar-refractivity contribution is 8.00. The van der Waals surface area contributed by atoms with E-state index in [2.05, 4.69) is 24.7 Å². The molecule has 4 saturated heterocycles. The molecule has 38 heavy (non-hydrogen) atoms. The molecule has 1 aromatic heterocycles. The Hall–Kier alpha value is -3.31. The van der Waals surface area contributed by atoms with E-state index in [0.29, 0.717) is 49.1 Å². The van der Waals surface area contributed by atoms with Gasteiger partial charge in [-0.15, -0.1) is 11.8 Å². The average Bonchev–Trinajstić information content (AvgIpc) is 3.34. The highest BCUT2D eigenvalue weighted by atomic mass is 32.2. The van der Waals surface area contributed by atoms with Crippen molar-refractivity contribution in [3.05, 3.63) is 17.2 Å². The van der Waals surface area contributed by atoms with Crippen LogP contribution in [-0.2, 0) is 24.0 Å². The number of oxime groups is 1. The molecule has 0 unspecified atom stereocenters. The van der Waals surface area contributed by atoms with Gasteiger partial charge in [-0.2, -0.15) is 9.36 Å². The van der Waals surface area contributed by atoms with E-state index in [1.165, 1.54) is 18.7 Å². The normalized spacial score (nSPS) is 32.5. The van der Waals surface area contributed by atoms with Crippen molar-refractivity contribution >= 4 is 57.8 Å². The van der Waals surface area contributed by atoms with Gasteiger partial charge < -0.3 is 31.5 Å². The lowest BCUT2D eigenvalue weighted by atomic mass is 9.69. The number of nitrogen functional groups attached to an aromatic ring is 1. The Balaban J connectivity index is 1.41. The minimum atomic E-state index is -1.52. The molecule has 5 aliphatic heterocycles. The maximum Gasteiger partial charge on any atom is 0.278 e. The number of carbonyl (C=O) groups excluding carboxylic acids is 4. The number of aliphatic carboxylic acids is 1. The lowest BCUT2D eigenvalue weighted by molar-refractivity contribution is -0.909. The molecular weight excluding hydrogens is 543 g/mol. The van der Waals surface area contributed by atoms with Crippen LogP contribution in [-0.4, -0.2) is 91.3 Å². The second-order valence-corrected chi connectivity index (χ2v) is 11.8. The topological polar surface area (TPSA) is 206 Å². The monoisotopic (exact) mass is 568 g/mol. The predicted molar refractivity (Wildman–Crippen MR) is 130 cm³/mol. The first-order valence-electron chi connectivity index (χ1n) is 11.7. The van der Waals surface area contributed by atoms with E-state index in [9.17, 15) is 28.7 Å². The minimum absolute atomic E-state index is 0.0351. The van der Waals surface area contributed by atoms with Crippen LogP contribution < -0.4 is 21.9 Å². The summed E-state index contributed by atoms with van der Waals surface area (Å²) in [6.07, 6.45) is 1.63. The molecule has 0 radical (unpaired) electrons. The molecule has 5 N–H and O–H groups in total. The number of thioether (sulfide) groups is 1. The summed E-state index contributed by atoms with van der Waals surface area (Å²) in [5.74, 6) is -3.33. The van der Waals surface area contributed by atoms with Crippen molar-refractivity contribution < 1.29 is 38.0 Å². The lowest BCUT2D eigenvalue weighted by Gasteiger charge is -2.60. The van der Waals surface area contributed by atoms with E-state index in [0.717, 1.165) is 16.4 Å². The molecule has 1 aromatic rings. The van der Waals surface area contributed by atoms with Crippen molar-refractivity contribution in [1.29, 1.82) is 0 Å². The van der Waals surface area contributed by atoms with Crippen LogP contribution in [0.1, 0.15) is 32.0 Å². The summed E-state index contributed by atoms with van der Waals surface area (Å²) in [7, 11) is 0. The lowest BCUT2D eigenvalue weighted by Crippen LogP contribution is -2.80. The molecule has 204 valence electrons. The van der Waals surface area contributed by atoms with Crippen LogP contribution >= 0.6 is 23.3 Å². The largest absolute Gasteiger partial charge is 0.543 e. The number of anilines is 1. The Bertz CT molecular complexity index is 1280. The fraction of sp³-hybridized carbons (Fsp3) is 0.571. The van der Waals surface area contributed by atoms with Gasteiger partial charge >= 0.3 is 0 Å². The second kappa shape index (κ2) is 9.16. The third-order valence-corrected chi connectivity index (χ3v) is 10.1. The first kappa shape index (κ1) is 26.3. The van der Waals surface area contributed by atoms with Gasteiger partial charge in [-0.05, 0) is 6.92 Å². The molecule has 6 heterocycles. The van der Waals surface area contributed by atoms with Crippen molar-refractivity contribution in [1.82, 2.24) is 19.6 Å². The van der Waals surface area contributed by atoms with E-state index in [4.69, 9.17) is 11.5 Å². The molecule has 2 bridgehead atoms. The SMILES string of the molecule is C[C@@]1(NC(=O)/C(=N\OCF)c2nsc(N)n2)C(=O)N2C(C(=O)[O-])=C([N+]34CCC(C(N)=O)(CC3)CC4)CS[C@H]21. The van der Waals surface area contributed by atoms with Crippen LogP contribution in [0.3, 0.4) is 0 Å². The zero-order valence-electron chi connectivity index (χ0n) is 20.3. The number of nitrogens with two attached hydrogens (primary N) is 2. The molecule has 3 amide bonds. The van der Waals surface area contributed by atoms with Gasteiger partial charge in [0, 0.05) is 30.8 Å².